The smallest absolute Gasteiger partial charge is 0.463 e. The molecule has 0 radical (unpaired) electrons. The Morgan fingerprint density at radius 3 is 0.740 bits per heavy atom. The Morgan fingerprint density at radius 2 is 0.504 bits per heavy atom. The zero-order valence-electron chi connectivity index (χ0n) is 70.2. The average Bonchev–Trinajstić information content (AvgIpc) is 1.66. The molecule has 20 atom stereocenters. The molecule has 688 valence electrons. The number of hydrogen-bond donors (Lipinski definition) is 0. The van der Waals surface area contributed by atoms with Gasteiger partial charge in [0.25, 0.3) is 47.3 Å². The molecule has 0 unspecified atom stereocenters. The van der Waals surface area contributed by atoms with E-state index in [1.807, 2.05) is 0 Å². The summed E-state index contributed by atoms with van der Waals surface area (Å²) in [6.07, 6.45) is -33.7. The van der Waals surface area contributed by atoms with Gasteiger partial charge in [-0.25, -0.2) is 4.18 Å². The monoisotopic (exact) mass is 1840 g/mol. The van der Waals surface area contributed by atoms with E-state index in [4.69, 9.17) is 80.0 Å². The van der Waals surface area contributed by atoms with Crippen LogP contribution in [0.5, 0.6) is 0 Å². The normalized spacial score (nSPS) is 27.6. The Balaban J connectivity index is 0.870. The topological polar surface area (TPSA) is 443 Å². The van der Waals surface area contributed by atoms with Crippen molar-refractivity contribution in [2.45, 2.75) is 189 Å². The first-order valence-corrected chi connectivity index (χ1v) is 42.4. The van der Waals surface area contributed by atoms with Gasteiger partial charge in [-0.1, -0.05) is 140 Å². The molecule has 0 aromatic heterocycles. The fourth-order valence-electron chi connectivity index (χ4n) is 17.1. The van der Waals surface area contributed by atoms with Crippen molar-refractivity contribution in [3.8, 4) is 0 Å². The molecule has 7 aromatic carbocycles. The summed E-state index contributed by atoms with van der Waals surface area (Å²) in [5.41, 5.74) is -7.00. The van der Waals surface area contributed by atoms with Crippen LogP contribution in [-0.2, 0) is 139 Å². The van der Waals surface area contributed by atoms with Gasteiger partial charge in [0, 0.05) is 41.5 Å². The minimum atomic E-state index is -6.92. The number of ether oxygens (including phenoxy) is 16. The first-order valence-electron chi connectivity index (χ1n) is 41.0. The van der Waals surface area contributed by atoms with Gasteiger partial charge in [-0.2, -0.15) is 21.6 Å². The van der Waals surface area contributed by atoms with Gasteiger partial charge in [-0.15, -0.1) is 0 Å². The zero-order chi connectivity index (χ0) is 93.2. The summed E-state index contributed by atoms with van der Waals surface area (Å²) in [5, 5.41) is 0. The van der Waals surface area contributed by atoms with Gasteiger partial charge in [0.1, 0.15) is 73.5 Å². The zero-order valence-corrected chi connectivity index (χ0v) is 71.0. The number of hydrogen-bond acceptors (Lipinski definition) is 33. The number of fused-ring (bicyclic) bond motifs is 4. The summed E-state index contributed by atoms with van der Waals surface area (Å²) in [5.74, 6) is -15.4. The second-order valence-corrected chi connectivity index (χ2v) is 32.8. The number of esters is 6. The van der Waals surface area contributed by atoms with Gasteiger partial charge < -0.3 is 75.8 Å². The summed E-state index contributed by atoms with van der Waals surface area (Å²) in [7, 11) is -6.92. The molecule has 0 spiro atoms. The van der Waals surface area contributed by atoms with Crippen LogP contribution >= 0.6 is 0 Å². The Bertz CT molecular complexity index is 5580. The Kier molecular flexibility index (Phi) is 27.7. The Morgan fingerprint density at radius 1 is 0.290 bits per heavy atom. The van der Waals surface area contributed by atoms with Gasteiger partial charge in [0.2, 0.25) is 6.29 Å². The predicted molar refractivity (Wildman–Crippen MR) is 431 cm³/mol. The van der Waals surface area contributed by atoms with Crippen molar-refractivity contribution in [1.29, 1.82) is 0 Å². The number of carbonyl (C=O) groups is 14. The third-order valence-electron chi connectivity index (χ3n) is 22.5. The van der Waals surface area contributed by atoms with Crippen LogP contribution in [0.2, 0.25) is 0 Å². The number of carbonyl (C=O) groups excluding carboxylic acids is 14. The minimum Gasteiger partial charge on any atom is -0.463 e. The van der Waals surface area contributed by atoms with Crippen LogP contribution in [0.4, 0.5) is 13.2 Å². The summed E-state index contributed by atoms with van der Waals surface area (Å²) in [6, 6.07) is 37.0. The van der Waals surface area contributed by atoms with E-state index in [9.17, 15) is 69.5 Å². The van der Waals surface area contributed by atoms with E-state index in [-0.39, 0.29) is 49.4 Å². The molecule has 8 amide bonds. The number of rotatable bonds is 31. The largest absolute Gasteiger partial charge is 0.523 e. The van der Waals surface area contributed by atoms with Gasteiger partial charge >= 0.3 is 51.4 Å². The molecule has 0 N–H and O–H groups in total. The molecule has 4 saturated heterocycles. The lowest BCUT2D eigenvalue weighted by Gasteiger charge is -2.50. The van der Waals surface area contributed by atoms with Crippen molar-refractivity contribution < 1.29 is 169 Å². The molecule has 8 aliphatic rings. The fourth-order valence-corrected chi connectivity index (χ4v) is 17.6. The molecule has 8 heterocycles. The molecule has 7 aromatic rings. The van der Waals surface area contributed by atoms with Crippen LogP contribution in [0.3, 0.4) is 0 Å². The number of amides is 8. The van der Waals surface area contributed by atoms with Crippen LogP contribution in [0, 0.1) is 0 Å². The first-order chi connectivity index (χ1) is 62.7. The first kappa shape index (κ1) is 92.9. The number of benzene rings is 7. The van der Waals surface area contributed by atoms with Crippen LogP contribution in [-0.4, -0.2) is 266 Å². The minimum absolute atomic E-state index is 0.156. The van der Waals surface area contributed by atoms with Crippen molar-refractivity contribution in [3.63, 3.8) is 0 Å². The molecular weight excluding hydrogens is 1750 g/mol. The summed E-state index contributed by atoms with van der Waals surface area (Å²) < 4.78 is 180. The van der Waals surface area contributed by atoms with Crippen LogP contribution < -0.4 is 0 Å². The number of alkyl halides is 3. The fraction of sp³-hybridized carbons (Fsp3) is 0.378. The SMILES string of the molecule is CC(=O)OC[C@H]1O[C@@H](OC[C@H]2O[C@@H](OC[C@H]3O[C@@H](OC[C@H]4O[C@H](OS(=O)(=O)C(F)(F)F)[C@H](N5C(=O)c6ccccc6C5=O)[C@@H](OC(C)=O)[C@@H]4OCc4ccccc4)[C@H](N4C(=O)c5ccccc5C4=O)[C@@H](OC(C)=O)[C@@H]3OCc3ccccc3)[C@H](N3C(=O)c4ccccc4C3=O)[C@@H](OC(C)=O)[C@@H]2OCc2ccccc2)[C@H](N2C(=O)c3ccccc3C2=O)[C@@H](OC(C)=O)[C@@H]1OC(C)=O. The third-order valence-corrected chi connectivity index (χ3v) is 23.6. The maximum absolute atomic E-state index is 15.5. The molecule has 41 heteroatoms. The summed E-state index contributed by atoms with van der Waals surface area (Å²) in [6.45, 7) is 0.0448. The molecular formula is C90H83F3N4O33S. The molecule has 0 bridgehead atoms. The van der Waals surface area contributed by atoms with Gasteiger partial charge in [0.05, 0.1) is 84.1 Å². The van der Waals surface area contributed by atoms with Gasteiger partial charge in [0.15, 0.2) is 49.4 Å². The van der Waals surface area contributed by atoms with Crippen LogP contribution in [0.1, 0.15) is 141 Å². The molecule has 8 aliphatic heterocycles. The van der Waals surface area contributed by atoms with Crippen molar-refractivity contribution in [1.82, 2.24) is 19.6 Å². The van der Waals surface area contributed by atoms with E-state index >= 15 is 19.2 Å². The highest BCUT2D eigenvalue weighted by Gasteiger charge is 2.65. The van der Waals surface area contributed by atoms with Crippen molar-refractivity contribution in [2.24, 2.45) is 0 Å². The van der Waals surface area contributed by atoms with E-state index in [1.54, 1.807) is 91.0 Å². The maximum atomic E-state index is 15.5. The van der Waals surface area contributed by atoms with Crippen molar-refractivity contribution in [2.75, 3.05) is 26.4 Å². The average molecular weight is 1840 g/mol. The van der Waals surface area contributed by atoms with Crippen molar-refractivity contribution in [3.05, 3.63) is 249 Å². The van der Waals surface area contributed by atoms with E-state index in [1.165, 1.54) is 97.1 Å². The Hall–Kier alpha value is -12.8. The predicted octanol–water partition coefficient (Wildman–Crippen LogP) is 6.44. The highest BCUT2D eigenvalue weighted by Crippen LogP contribution is 2.45. The van der Waals surface area contributed by atoms with E-state index in [0.29, 0.717) is 31.4 Å². The van der Waals surface area contributed by atoms with Crippen LogP contribution in [0.25, 0.3) is 0 Å². The molecule has 0 saturated carbocycles. The molecule has 0 aliphatic carbocycles. The lowest BCUT2D eigenvalue weighted by Crippen LogP contribution is -2.70. The molecule has 131 heavy (non-hydrogen) atoms. The van der Waals surface area contributed by atoms with E-state index < -0.39 is 268 Å². The lowest BCUT2D eigenvalue weighted by atomic mass is 9.93. The molecule has 15 rings (SSSR count). The number of halogens is 3. The van der Waals surface area contributed by atoms with Crippen molar-refractivity contribution >= 4 is 93.2 Å². The number of imide groups is 4. The van der Waals surface area contributed by atoms with Crippen LogP contribution in [0.15, 0.2) is 188 Å². The van der Waals surface area contributed by atoms with E-state index in [0.717, 1.165) is 41.5 Å². The van der Waals surface area contributed by atoms with Gasteiger partial charge in [-0.05, 0) is 65.2 Å². The lowest BCUT2D eigenvalue weighted by molar-refractivity contribution is -0.335. The number of nitrogens with zero attached hydrogens (tertiary/aromatic N) is 4. The maximum Gasteiger partial charge on any atom is 0.523 e. The Labute approximate surface area is 743 Å². The highest BCUT2D eigenvalue weighted by molar-refractivity contribution is 7.87. The summed E-state index contributed by atoms with van der Waals surface area (Å²) in [4.78, 5) is 205. The standard InChI is InChI=1S/C90H83F3N4O33S/c1-45(98)114-41-65-73(121-46(2)99)77(125-50(6)103)68(96-82(108)58-34-20-21-35-59(58)83(96)109)88(128-65)119-43-63-71(116-39-52-26-12-8-13-27-52)74(122-47(3)100)66(94-78(104)54-30-16-17-31-55(54)79(94)105)86(126-63)118-42-62-70(115-38-51-24-10-7-11-25-51)75(123-48(4)101)67(95-80(106)56-32-18-19-33-57(56)81(95)107)87(127-62)120-44-64-72(117-40-53-28-14-9-15-29-53)76(124-49(5)102)69(89(129-64)130-131(112,113)90(91,92)93)97-84(110)60-36-22-23-37-61(60)85(97)111/h7-37,62-77,86-89H,38-44H2,1-6H3/t62-,63-,64-,65-,66-,67-,68-,69-,70-,71-,72-,73-,74-,75-,76-,77-,86-,87-,88-,89-/m1/s1. The quantitative estimate of drug-likeness (QED) is 0.0148. The second kappa shape index (κ2) is 39.1. The third kappa shape index (κ3) is 19.3. The van der Waals surface area contributed by atoms with Gasteiger partial charge in [-0.3, -0.25) is 86.7 Å². The summed E-state index contributed by atoms with van der Waals surface area (Å²) >= 11 is 0. The second-order valence-electron chi connectivity index (χ2n) is 31.2. The molecule has 4 fully saturated rings. The molecule has 37 nitrogen and oxygen atoms in total. The van der Waals surface area contributed by atoms with E-state index in [2.05, 4.69) is 0 Å². The highest BCUT2D eigenvalue weighted by atomic mass is 32.2.